The van der Waals surface area contributed by atoms with Gasteiger partial charge in [-0.25, -0.2) is 0 Å². The van der Waals surface area contributed by atoms with Gasteiger partial charge in [0.2, 0.25) is 0 Å². The molecule has 1 aromatic heterocycles. The third-order valence-corrected chi connectivity index (χ3v) is 3.69. The van der Waals surface area contributed by atoms with E-state index >= 15 is 0 Å². The Balaban J connectivity index is 2.17. The van der Waals surface area contributed by atoms with Crippen LogP contribution in [0.5, 0.6) is 5.75 Å². The first-order chi connectivity index (χ1) is 10.1. The lowest BCUT2D eigenvalue weighted by Crippen LogP contribution is -1.93. The zero-order valence-corrected chi connectivity index (χ0v) is 12.7. The number of rotatable bonds is 2. The number of aryl methyl sites for hydroxylation is 1. The summed E-state index contributed by atoms with van der Waals surface area (Å²) in [6.07, 6.45) is 0. The number of nitrogens with zero attached hydrogens (tertiary/aromatic N) is 2. The Morgan fingerprint density at radius 2 is 1.52 bits per heavy atom. The molecule has 0 amide bonds. The standard InChI is InChI=1S/C16H12Cl2N2O/c1-20-15(11-5-3-7-13(18)9-11)16(21)14(19-20)10-4-2-6-12(17)8-10/h2-9,21H,1H3. The van der Waals surface area contributed by atoms with Crippen molar-refractivity contribution in [3.05, 3.63) is 58.6 Å². The highest BCUT2D eigenvalue weighted by atomic mass is 35.5. The lowest BCUT2D eigenvalue weighted by Gasteiger charge is -2.03. The molecule has 0 aliphatic carbocycles. The minimum Gasteiger partial charge on any atom is -0.504 e. The molecular formula is C16H12Cl2N2O. The highest BCUT2D eigenvalue weighted by Gasteiger charge is 2.18. The monoisotopic (exact) mass is 318 g/mol. The van der Waals surface area contributed by atoms with Crippen molar-refractivity contribution in [1.29, 1.82) is 0 Å². The average molecular weight is 319 g/mol. The predicted octanol–water partition coefficient (Wildman–Crippen LogP) is 4.77. The molecule has 1 heterocycles. The smallest absolute Gasteiger partial charge is 0.169 e. The first-order valence-electron chi connectivity index (χ1n) is 6.34. The van der Waals surface area contributed by atoms with E-state index in [-0.39, 0.29) is 5.75 Å². The van der Waals surface area contributed by atoms with Crippen LogP contribution in [0.15, 0.2) is 48.5 Å². The van der Waals surface area contributed by atoms with Gasteiger partial charge in [-0.2, -0.15) is 5.10 Å². The Bertz CT molecular complexity index is 812. The lowest BCUT2D eigenvalue weighted by atomic mass is 10.1. The van der Waals surface area contributed by atoms with Crippen molar-refractivity contribution >= 4 is 23.2 Å². The van der Waals surface area contributed by atoms with Crippen molar-refractivity contribution in [3.63, 3.8) is 0 Å². The zero-order chi connectivity index (χ0) is 15.0. The van der Waals surface area contributed by atoms with E-state index in [0.717, 1.165) is 11.1 Å². The second kappa shape index (κ2) is 5.43. The number of aromatic nitrogens is 2. The molecule has 1 N–H and O–H groups in total. The number of hydrogen-bond donors (Lipinski definition) is 1. The Hall–Kier alpha value is -1.97. The van der Waals surface area contributed by atoms with Crippen molar-refractivity contribution in [2.45, 2.75) is 0 Å². The van der Waals surface area contributed by atoms with Gasteiger partial charge >= 0.3 is 0 Å². The van der Waals surface area contributed by atoms with E-state index in [1.165, 1.54) is 0 Å². The number of hydrogen-bond acceptors (Lipinski definition) is 2. The largest absolute Gasteiger partial charge is 0.504 e. The summed E-state index contributed by atoms with van der Waals surface area (Å²) < 4.78 is 1.64. The molecule has 0 saturated carbocycles. The molecule has 0 fully saturated rings. The molecule has 2 aromatic carbocycles. The third-order valence-electron chi connectivity index (χ3n) is 3.22. The van der Waals surface area contributed by atoms with E-state index in [4.69, 9.17) is 23.2 Å². The Kier molecular flexibility index (Phi) is 3.62. The van der Waals surface area contributed by atoms with Gasteiger partial charge in [0.1, 0.15) is 11.4 Å². The summed E-state index contributed by atoms with van der Waals surface area (Å²) in [6.45, 7) is 0. The van der Waals surface area contributed by atoms with Crippen molar-refractivity contribution in [1.82, 2.24) is 9.78 Å². The summed E-state index contributed by atoms with van der Waals surface area (Å²) in [7, 11) is 1.78. The molecular weight excluding hydrogens is 307 g/mol. The van der Waals surface area contributed by atoms with Crippen LogP contribution < -0.4 is 0 Å². The van der Waals surface area contributed by atoms with Crippen LogP contribution in [0, 0.1) is 0 Å². The van der Waals surface area contributed by atoms with Crippen molar-refractivity contribution in [3.8, 4) is 28.3 Å². The molecule has 0 atom stereocenters. The number of aromatic hydroxyl groups is 1. The first kappa shape index (κ1) is 14.0. The number of halogens is 2. The summed E-state index contributed by atoms with van der Waals surface area (Å²) in [5.74, 6) is 0.113. The molecule has 5 heteroatoms. The molecule has 0 bridgehead atoms. The fraction of sp³-hybridized carbons (Fsp3) is 0.0625. The van der Waals surface area contributed by atoms with Crippen LogP contribution in [0.4, 0.5) is 0 Å². The van der Waals surface area contributed by atoms with Crippen LogP contribution in [0.3, 0.4) is 0 Å². The SMILES string of the molecule is Cn1nc(-c2cccc(Cl)c2)c(O)c1-c1cccc(Cl)c1. The second-order valence-electron chi connectivity index (χ2n) is 4.69. The van der Waals surface area contributed by atoms with Gasteiger partial charge in [0.05, 0.1) is 0 Å². The Morgan fingerprint density at radius 1 is 0.952 bits per heavy atom. The lowest BCUT2D eigenvalue weighted by molar-refractivity contribution is 0.478. The average Bonchev–Trinajstić information content (AvgIpc) is 2.74. The highest BCUT2D eigenvalue weighted by molar-refractivity contribution is 6.31. The van der Waals surface area contributed by atoms with Gasteiger partial charge in [0.15, 0.2) is 5.75 Å². The van der Waals surface area contributed by atoms with Crippen LogP contribution >= 0.6 is 23.2 Å². The van der Waals surface area contributed by atoms with Crippen LogP contribution in [-0.4, -0.2) is 14.9 Å². The summed E-state index contributed by atoms with van der Waals surface area (Å²) in [5.41, 5.74) is 2.69. The van der Waals surface area contributed by atoms with Crippen LogP contribution in [-0.2, 0) is 7.05 Å². The molecule has 21 heavy (non-hydrogen) atoms. The quantitative estimate of drug-likeness (QED) is 0.739. The molecule has 106 valence electrons. The maximum Gasteiger partial charge on any atom is 0.169 e. The molecule has 0 radical (unpaired) electrons. The van der Waals surface area contributed by atoms with E-state index in [1.54, 1.807) is 36.0 Å². The molecule has 3 nitrogen and oxygen atoms in total. The minimum absolute atomic E-state index is 0.113. The van der Waals surface area contributed by atoms with Crippen LogP contribution in [0.25, 0.3) is 22.5 Å². The summed E-state index contributed by atoms with van der Waals surface area (Å²) >= 11 is 12.0. The molecule has 0 aliphatic heterocycles. The van der Waals surface area contributed by atoms with Crippen LogP contribution in [0.1, 0.15) is 0 Å². The van der Waals surface area contributed by atoms with E-state index in [1.807, 2.05) is 24.3 Å². The van der Waals surface area contributed by atoms with Gasteiger partial charge in [-0.1, -0.05) is 47.5 Å². The summed E-state index contributed by atoms with van der Waals surface area (Å²) in [4.78, 5) is 0. The predicted molar refractivity (Wildman–Crippen MR) is 85.8 cm³/mol. The second-order valence-corrected chi connectivity index (χ2v) is 5.56. The van der Waals surface area contributed by atoms with Crippen molar-refractivity contribution in [2.24, 2.45) is 7.05 Å². The van der Waals surface area contributed by atoms with Gasteiger partial charge in [0.25, 0.3) is 0 Å². The molecule has 0 aliphatic rings. The van der Waals surface area contributed by atoms with Gasteiger partial charge in [0, 0.05) is 28.2 Å². The van der Waals surface area contributed by atoms with E-state index < -0.39 is 0 Å². The molecule has 3 rings (SSSR count). The zero-order valence-electron chi connectivity index (χ0n) is 11.2. The minimum atomic E-state index is 0.113. The fourth-order valence-electron chi connectivity index (χ4n) is 2.30. The van der Waals surface area contributed by atoms with Crippen LogP contribution in [0.2, 0.25) is 10.0 Å². The number of benzene rings is 2. The Morgan fingerprint density at radius 3 is 2.14 bits per heavy atom. The molecule has 0 saturated heterocycles. The van der Waals surface area contributed by atoms with Gasteiger partial charge in [-0.3, -0.25) is 4.68 Å². The normalized spacial score (nSPS) is 10.8. The van der Waals surface area contributed by atoms with Gasteiger partial charge in [-0.15, -0.1) is 0 Å². The van der Waals surface area contributed by atoms with E-state index in [2.05, 4.69) is 5.10 Å². The van der Waals surface area contributed by atoms with Crippen molar-refractivity contribution in [2.75, 3.05) is 0 Å². The maximum absolute atomic E-state index is 10.5. The summed E-state index contributed by atoms with van der Waals surface area (Å²) in [5, 5.41) is 16.1. The molecule has 0 spiro atoms. The van der Waals surface area contributed by atoms with E-state index in [0.29, 0.717) is 21.4 Å². The topological polar surface area (TPSA) is 38.0 Å². The maximum atomic E-state index is 10.5. The van der Waals surface area contributed by atoms with Gasteiger partial charge < -0.3 is 5.11 Å². The third kappa shape index (κ3) is 2.62. The summed E-state index contributed by atoms with van der Waals surface area (Å²) in [6, 6.07) is 14.5. The molecule has 3 aromatic rings. The first-order valence-corrected chi connectivity index (χ1v) is 7.09. The fourth-order valence-corrected chi connectivity index (χ4v) is 2.68. The Labute approximate surface area is 132 Å². The van der Waals surface area contributed by atoms with Gasteiger partial charge in [-0.05, 0) is 24.3 Å². The van der Waals surface area contributed by atoms with Crippen molar-refractivity contribution < 1.29 is 5.11 Å². The highest BCUT2D eigenvalue weighted by Crippen LogP contribution is 2.38. The van der Waals surface area contributed by atoms with E-state index in [9.17, 15) is 5.11 Å². The molecule has 0 unspecified atom stereocenters.